The predicted molar refractivity (Wildman–Crippen MR) is 52.0 cm³/mol. The second-order valence-corrected chi connectivity index (χ2v) is 3.34. The third-order valence-corrected chi connectivity index (χ3v) is 1.96. The van der Waals surface area contributed by atoms with E-state index in [4.69, 9.17) is 4.74 Å². The van der Waals surface area contributed by atoms with Gasteiger partial charge in [0.25, 0.3) is 0 Å². The molecule has 0 saturated carbocycles. The number of hydrogen-bond acceptors (Lipinski definition) is 1. The van der Waals surface area contributed by atoms with Crippen LogP contribution < -0.4 is 4.74 Å². The van der Waals surface area contributed by atoms with Crippen LogP contribution in [0, 0.1) is 13.8 Å². The first-order chi connectivity index (χ1) is 6.09. The summed E-state index contributed by atoms with van der Waals surface area (Å²) in [5.74, 6) is 0.743. The van der Waals surface area contributed by atoms with Gasteiger partial charge < -0.3 is 4.74 Å². The van der Waals surface area contributed by atoms with Gasteiger partial charge in [0.15, 0.2) is 0 Å². The Balaban J connectivity index is 2.63. The Morgan fingerprint density at radius 2 is 2.00 bits per heavy atom. The summed E-state index contributed by atoms with van der Waals surface area (Å²) in [6.07, 6.45) is -0.915. The van der Waals surface area contributed by atoms with Gasteiger partial charge in [0.1, 0.15) is 18.5 Å². The Morgan fingerprint density at radius 3 is 2.54 bits per heavy atom. The van der Waals surface area contributed by atoms with Crippen LogP contribution >= 0.6 is 0 Å². The van der Waals surface area contributed by atoms with E-state index in [0.717, 1.165) is 5.75 Å². The average Bonchev–Trinajstić information content (AvgIpc) is 2.07. The summed E-state index contributed by atoms with van der Waals surface area (Å²) < 4.78 is 17.7. The van der Waals surface area contributed by atoms with E-state index in [0.29, 0.717) is 0 Å². The van der Waals surface area contributed by atoms with Gasteiger partial charge >= 0.3 is 0 Å². The lowest BCUT2D eigenvalue weighted by molar-refractivity contribution is 0.209. The molecule has 1 aromatic carbocycles. The molecule has 0 saturated heterocycles. The van der Waals surface area contributed by atoms with Crippen molar-refractivity contribution in [2.45, 2.75) is 26.9 Å². The Morgan fingerprint density at radius 1 is 1.31 bits per heavy atom. The lowest BCUT2D eigenvalue weighted by Gasteiger charge is -2.08. The minimum Gasteiger partial charge on any atom is -0.491 e. The smallest absolute Gasteiger partial charge is 0.131 e. The van der Waals surface area contributed by atoms with Crippen LogP contribution in [0.5, 0.6) is 5.75 Å². The quantitative estimate of drug-likeness (QED) is 0.698. The zero-order chi connectivity index (χ0) is 9.84. The Labute approximate surface area is 78.5 Å². The molecule has 0 aliphatic heterocycles. The van der Waals surface area contributed by atoms with Gasteiger partial charge in [-0.25, -0.2) is 4.39 Å². The molecule has 1 nitrogen and oxygen atoms in total. The van der Waals surface area contributed by atoms with Crippen molar-refractivity contribution in [1.29, 1.82) is 0 Å². The molecule has 0 bridgehead atoms. The van der Waals surface area contributed by atoms with E-state index in [-0.39, 0.29) is 6.61 Å². The van der Waals surface area contributed by atoms with Crippen LogP contribution in [0.3, 0.4) is 0 Å². The van der Waals surface area contributed by atoms with Crippen molar-refractivity contribution in [1.82, 2.24) is 0 Å². The fourth-order valence-corrected chi connectivity index (χ4v) is 1.01. The van der Waals surface area contributed by atoms with Gasteiger partial charge in [-0.2, -0.15) is 0 Å². The second kappa shape index (κ2) is 4.26. The molecule has 0 aliphatic rings. The maximum absolute atomic E-state index is 12.4. The number of hydrogen-bond donors (Lipinski definition) is 0. The van der Waals surface area contributed by atoms with Gasteiger partial charge in [-0.1, -0.05) is 6.07 Å². The summed E-state index contributed by atoms with van der Waals surface area (Å²) >= 11 is 0. The van der Waals surface area contributed by atoms with Crippen molar-refractivity contribution in [2.75, 3.05) is 6.61 Å². The third-order valence-electron chi connectivity index (χ3n) is 1.96. The van der Waals surface area contributed by atoms with Gasteiger partial charge in [0.2, 0.25) is 0 Å². The molecule has 0 heterocycles. The zero-order valence-corrected chi connectivity index (χ0v) is 8.30. The number of halogens is 1. The van der Waals surface area contributed by atoms with Gasteiger partial charge in [-0.3, -0.25) is 0 Å². The molecule has 72 valence electrons. The summed E-state index contributed by atoms with van der Waals surface area (Å²) in [6, 6.07) is 5.77. The largest absolute Gasteiger partial charge is 0.491 e. The summed E-state index contributed by atoms with van der Waals surface area (Å²) in [5.41, 5.74) is 2.39. The fraction of sp³-hybridized carbons (Fsp3) is 0.455. The van der Waals surface area contributed by atoms with Gasteiger partial charge in [-0.15, -0.1) is 0 Å². The monoisotopic (exact) mass is 182 g/mol. The van der Waals surface area contributed by atoms with E-state index >= 15 is 0 Å². The summed E-state index contributed by atoms with van der Waals surface area (Å²) in [7, 11) is 0. The molecular weight excluding hydrogens is 167 g/mol. The fourth-order valence-electron chi connectivity index (χ4n) is 1.01. The molecule has 13 heavy (non-hydrogen) atoms. The minimum absolute atomic E-state index is 0.127. The molecule has 0 aromatic heterocycles. The van der Waals surface area contributed by atoms with Crippen LogP contribution in [0.25, 0.3) is 0 Å². The van der Waals surface area contributed by atoms with E-state index in [1.54, 1.807) is 0 Å². The number of alkyl halides is 1. The van der Waals surface area contributed by atoms with E-state index in [1.807, 2.05) is 32.0 Å². The first kappa shape index (κ1) is 10.0. The highest BCUT2D eigenvalue weighted by atomic mass is 19.1. The molecule has 0 radical (unpaired) electrons. The standard InChI is InChI=1S/C11H15FO/c1-8-4-5-11(6-9(8)2)13-7-10(3)12/h4-6,10H,7H2,1-3H3. The average molecular weight is 182 g/mol. The van der Waals surface area contributed by atoms with E-state index in [9.17, 15) is 4.39 Å². The highest BCUT2D eigenvalue weighted by molar-refractivity contribution is 5.33. The van der Waals surface area contributed by atoms with Crippen molar-refractivity contribution in [2.24, 2.45) is 0 Å². The summed E-state index contributed by atoms with van der Waals surface area (Å²) in [4.78, 5) is 0. The van der Waals surface area contributed by atoms with Crippen LogP contribution in [-0.4, -0.2) is 12.8 Å². The number of rotatable bonds is 3. The van der Waals surface area contributed by atoms with Crippen molar-refractivity contribution < 1.29 is 9.13 Å². The predicted octanol–water partition coefficient (Wildman–Crippen LogP) is 3.04. The molecule has 2 heteroatoms. The molecular formula is C11H15FO. The third kappa shape index (κ3) is 3.05. The lowest BCUT2D eigenvalue weighted by Crippen LogP contribution is -2.08. The first-order valence-corrected chi connectivity index (χ1v) is 4.43. The van der Waals surface area contributed by atoms with E-state index in [1.165, 1.54) is 18.1 Å². The lowest BCUT2D eigenvalue weighted by atomic mass is 10.1. The molecule has 1 aromatic rings. The number of ether oxygens (including phenoxy) is 1. The van der Waals surface area contributed by atoms with Crippen LogP contribution in [0.1, 0.15) is 18.1 Å². The van der Waals surface area contributed by atoms with Crippen molar-refractivity contribution >= 4 is 0 Å². The zero-order valence-electron chi connectivity index (χ0n) is 8.30. The Kier molecular flexibility index (Phi) is 3.29. The van der Waals surface area contributed by atoms with Crippen molar-refractivity contribution in [3.8, 4) is 5.75 Å². The molecule has 0 fully saturated rings. The molecule has 0 aliphatic carbocycles. The summed E-state index contributed by atoms with van der Waals surface area (Å²) in [5, 5.41) is 0. The Bertz CT molecular complexity index is 281. The van der Waals surface area contributed by atoms with Gasteiger partial charge in [0, 0.05) is 0 Å². The highest BCUT2D eigenvalue weighted by Gasteiger charge is 2.00. The van der Waals surface area contributed by atoms with Gasteiger partial charge in [-0.05, 0) is 44.0 Å². The van der Waals surface area contributed by atoms with Crippen LogP contribution in [0.4, 0.5) is 4.39 Å². The molecule has 0 N–H and O–H groups in total. The number of benzene rings is 1. The topological polar surface area (TPSA) is 9.23 Å². The molecule has 1 unspecified atom stereocenters. The highest BCUT2D eigenvalue weighted by Crippen LogP contribution is 2.16. The van der Waals surface area contributed by atoms with E-state index < -0.39 is 6.17 Å². The van der Waals surface area contributed by atoms with Crippen molar-refractivity contribution in [3.63, 3.8) is 0 Å². The normalized spacial score (nSPS) is 12.6. The van der Waals surface area contributed by atoms with Crippen LogP contribution in [-0.2, 0) is 0 Å². The maximum Gasteiger partial charge on any atom is 0.131 e. The van der Waals surface area contributed by atoms with Crippen molar-refractivity contribution in [3.05, 3.63) is 29.3 Å². The SMILES string of the molecule is Cc1ccc(OCC(C)F)cc1C. The molecule has 1 rings (SSSR count). The second-order valence-electron chi connectivity index (χ2n) is 3.34. The molecule has 0 spiro atoms. The van der Waals surface area contributed by atoms with Crippen LogP contribution in [0.2, 0.25) is 0 Å². The van der Waals surface area contributed by atoms with Gasteiger partial charge in [0.05, 0.1) is 0 Å². The first-order valence-electron chi connectivity index (χ1n) is 4.43. The van der Waals surface area contributed by atoms with E-state index in [2.05, 4.69) is 0 Å². The Hall–Kier alpha value is -1.05. The molecule has 1 atom stereocenters. The minimum atomic E-state index is -0.915. The molecule has 0 amide bonds. The maximum atomic E-state index is 12.4. The van der Waals surface area contributed by atoms with Crippen LogP contribution in [0.15, 0.2) is 18.2 Å². The number of aryl methyl sites for hydroxylation is 2. The summed E-state index contributed by atoms with van der Waals surface area (Å²) in [6.45, 7) is 5.67.